The maximum absolute atomic E-state index is 14.8. The Hall–Kier alpha value is -2.19. The van der Waals surface area contributed by atoms with Gasteiger partial charge in [0.1, 0.15) is 11.6 Å². The summed E-state index contributed by atoms with van der Waals surface area (Å²) >= 11 is 0. The first-order chi connectivity index (χ1) is 18.7. The number of unbranched alkanes of at least 4 members (excludes halogenated alkanes) is 1. The van der Waals surface area contributed by atoms with Gasteiger partial charge in [0.15, 0.2) is 0 Å². The van der Waals surface area contributed by atoms with Crippen LogP contribution in [0.5, 0.6) is 0 Å². The highest BCUT2D eigenvalue weighted by atomic mass is 16.6. The molecule has 3 aliphatic heterocycles. The monoisotopic (exact) mass is 560 g/mol. The Labute approximate surface area is 241 Å². The number of carbonyl (C=O) groups excluding carboxylic acids is 3. The van der Waals surface area contributed by atoms with Gasteiger partial charge in [-0.25, -0.2) is 0 Å². The second-order valence-corrected chi connectivity index (χ2v) is 13.8. The average molecular weight is 561 g/mol. The summed E-state index contributed by atoms with van der Waals surface area (Å²) in [7, 11) is 0. The molecule has 0 radical (unpaired) electrons. The minimum absolute atomic E-state index is 0.0532. The summed E-state index contributed by atoms with van der Waals surface area (Å²) in [6.07, 6.45) is 6.94. The quantitative estimate of drug-likeness (QED) is 0.191. The van der Waals surface area contributed by atoms with Crippen molar-refractivity contribution >= 4 is 17.8 Å². The SMILES string of the molecule is C=CCCCOC(=O)[C@@H]1[C@H]2C(=O)N([C@@H](CO)[C@@H](C)CC)C(C(=O)N(CC=C)C(C)(C)CC(C)(C)C)C23CC[C@H]1O3. The molecule has 0 saturated carbocycles. The van der Waals surface area contributed by atoms with Gasteiger partial charge in [0, 0.05) is 12.1 Å². The largest absolute Gasteiger partial charge is 0.465 e. The summed E-state index contributed by atoms with van der Waals surface area (Å²) in [5.41, 5.74) is -1.73. The molecule has 226 valence electrons. The molecule has 1 spiro atoms. The van der Waals surface area contributed by atoms with Crippen molar-refractivity contribution in [2.24, 2.45) is 23.2 Å². The summed E-state index contributed by atoms with van der Waals surface area (Å²) in [6.45, 7) is 22.4. The molecule has 3 aliphatic rings. The molecule has 40 heavy (non-hydrogen) atoms. The van der Waals surface area contributed by atoms with E-state index in [0.717, 1.165) is 19.3 Å². The van der Waals surface area contributed by atoms with E-state index in [1.807, 2.05) is 32.6 Å². The van der Waals surface area contributed by atoms with E-state index in [1.165, 1.54) is 0 Å². The van der Waals surface area contributed by atoms with Crippen molar-refractivity contribution in [3.05, 3.63) is 25.3 Å². The number of hydrogen-bond donors (Lipinski definition) is 1. The van der Waals surface area contributed by atoms with Gasteiger partial charge in [0.05, 0.1) is 37.2 Å². The minimum Gasteiger partial charge on any atom is -0.465 e. The van der Waals surface area contributed by atoms with E-state index in [0.29, 0.717) is 25.8 Å². The second-order valence-electron chi connectivity index (χ2n) is 13.8. The molecule has 2 amide bonds. The number of likely N-dealkylation sites (tertiary alicyclic amines) is 1. The summed E-state index contributed by atoms with van der Waals surface area (Å²) in [4.78, 5) is 46.0. The predicted molar refractivity (Wildman–Crippen MR) is 155 cm³/mol. The topological polar surface area (TPSA) is 96.4 Å². The number of esters is 1. The zero-order valence-electron chi connectivity index (χ0n) is 25.8. The predicted octanol–water partition coefficient (Wildman–Crippen LogP) is 4.51. The lowest BCUT2D eigenvalue weighted by molar-refractivity contribution is -0.159. The highest BCUT2D eigenvalue weighted by molar-refractivity contribution is 5.98. The van der Waals surface area contributed by atoms with Crippen LogP contribution in [0.3, 0.4) is 0 Å². The van der Waals surface area contributed by atoms with Crippen LogP contribution in [-0.4, -0.2) is 81.8 Å². The molecule has 8 heteroatoms. The van der Waals surface area contributed by atoms with Gasteiger partial charge in [0.25, 0.3) is 0 Å². The number of hydrogen-bond acceptors (Lipinski definition) is 6. The molecule has 3 fully saturated rings. The third kappa shape index (κ3) is 5.89. The molecule has 0 aliphatic carbocycles. The van der Waals surface area contributed by atoms with Gasteiger partial charge in [-0.15, -0.1) is 13.2 Å². The van der Waals surface area contributed by atoms with Crippen molar-refractivity contribution in [3.8, 4) is 0 Å². The minimum atomic E-state index is -1.14. The van der Waals surface area contributed by atoms with Crippen molar-refractivity contribution in [1.82, 2.24) is 9.80 Å². The maximum atomic E-state index is 14.8. The van der Waals surface area contributed by atoms with Crippen molar-refractivity contribution < 1.29 is 29.0 Å². The standard InChI is InChI=1S/C32H52N2O6/c1-10-13-14-18-39-29(38)24-23-15-16-32(40-23)25(24)27(36)34(22(19-35)21(4)12-3)26(32)28(37)33(17-11-2)31(8,9)20-30(5,6)7/h10-11,21-26,35H,1-2,12-20H2,3-9H3/t21-,22-,23+,24-,25-,26?,32?/m0/s1. The molecule has 2 unspecified atom stereocenters. The van der Waals surface area contributed by atoms with E-state index in [4.69, 9.17) is 9.47 Å². The molecule has 2 bridgehead atoms. The molecule has 1 N–H and O–H groups in total. The fraction of sp³-hybridized carbons (Fsp3) is 0.781. The summed E-state index contributed by atoms with van der Waals surface area (Å²) < 4.78 is 12.2. The lowest BCUT2D eigenvalue weighted by Crippen LogP contribution is -2.63. The van der Waals surface area contributed by atoms with E-state index < -0.39 is 47.1 Å². The van der Waals surface area contributed by atoms with Gasteiger partial charge < -0.3 is 24.4 Å². The van der Waals surface area contributed by atoms with Gasteiger partial charge in [0.2, 0.25) is 11.8 Å². The number of allylic oxidation sites excluding steroid dienone is 1. The van der Waals surface area contributed by atoms with Crippen LogP contribution in [0.2, 0.25) is 0 Å². The summed E-state index contributed by atoms with van der Waals surface area (Å²) in [5.74, 6) is -2.59. The normalized spacial score (nSPS) is 29.2. The van der Waals surface area contributed by atoms with Gasteiger partial charge in [-0.05, 0) is 57.3 Å². The number of aliphatic hydroxyl groups is 1. The molecule has 0 aromatic rings. The van der Waals surface area contributed by atoms with E-state index in [-0.39, 0.29) is 36.4 Å². The first-order valence-corrected chi connectivity index (χ1v) is 15.0. The van der Waals surface area contributed by atoms with E-state index in [1.54, 1.807) is 17.1 Å². The third-order valence-corrected chi connectivity index (χ3v) is 9.16. The van der Waals surface area contributed by atoms with Gasteiger partial charge in [-0.3, -0.25) is 14.4 Å². The number of ether oxygens (including phenoxy) is 2. The first-order valence-electron chi connectivity index (χ1n) is 15.0. The van der Waals surface area contributed by atoms with Crippen LogP contribution in [0.15, 0.2) is 25.3 Å². The van der Waals surface area contributed by atoms with Crippen LogP contribution >= 0.6 is 0 Å². The molecule has 0 aromatic heterocycles. The number of fused-ring (bicyclic) bond motifs is 1. The number of rotatable bonds is 14. The number of carbonyl (C=O) groups is 3. The van der Waals surface area contributed by atoms with Crippen LogP contribution in [0.1, 0.15) is 87.0 Å². The summed E-state index contributed by atoms with van der Waals surface area (Å²) in [5, 5.41) is 10.6. The Balaban J connectivity index is 2.09. The lowest BCUT2D eigenvalue weighted by atomic mass is 9.70. The highest BCUT2D eigenvalue weighted by Crippen LogP contribution is 2.59. The molecule has 3 heterocycles. The Morgan fingerprint density at radius 1 is 1.25 bits per heavy atom. The second kappa shape index (κ2) is 12.4. The average Bonchev–Trinajstić information content (AvgIpc) is 3.51. The first kappa shape index (κ1) is 32.3. The van der Waals surface area contributed by atoms with E-state index in [2.05, 4.69) is 33.9 Å². The van der Waals surface area contributed by atoms with Gasteiger partial charge in [-0.2, -0.15) is 0 Å². The molecule has 0 aromatic carbocycles. The van der Waals surface area contributed by atoms with Crippen molar-refractivity contribution in [2.45, 2.75) is 116 Å². The van der Waals surface area contributed by atoms with Crippen molar-refractivity contribution in [2.75, 3.05) is 19.8 Å². The zero-order valence-corrected chi connectivity index (χ0v) is 25.8. The van der Waals surface area contributed by atoms with E-state index >= 15 is 0 Å². The molecular weight excluding hydrogens is 508 g/mol. The van der Waals surface area contributed by atoms with E-state index in [9.17, 15) is 19.5 Å². The van der Waals surface area contributed by atoms with Gasteiger partial charge in [-0.1, -0.05) is 53.2 Å². The summed E-state index contributed by atoms with van der Waals surface area (Å²) in [6, 6.07) is -1.52. The fourth-order valence-corrected chi connectivity index (χ4v) is 7.61. The number of aliphatic hydroxyl groups excluding tert-OH is 1. The molecule has 8 nitrogen and oxygen atoms in total. The van der Waals surface area contributed by atoms with Crippen LogP contribution < -0.4 is 0 Å². The Morgan fingerprint density at radius 3 is 2.48 bits per heavy atom. The van der Waals surface area contributed by atoms with Gasteiger partial charge >= 0.3 is 5.97 Å². The lowest BCUT2D eigenvalue weighted by Gasteiger charge is -2.47. The van der Waals surface area contributed by atoms with Crippen LogP contribution in [-0.2, 0) is 23.9 Å². The smallest absolute Gasteiger partial charge is 0.312 e. The Bertz CT molecular complexity index is 971. The van der Waals surface area contributed by atoms with Crippen molar-refractivity contribution in [1.29, 1.82) is 0 Å². The molecule has 3 saturated heterocycles. The van der Waals surface area contributed by atoms with Crippen LogP contribution in [0.25, 0.3) is 0 Å². The van der Waals surface area contributed by atoms with Crippen molar-refractivity contribution in [3.63, 3.8) is 0 Å². The zero-order chi connectivity index (χ0) is 30.0. The molecule has 7 atom stereocenters. The highest BCUT2D eigenvalue weighted by Gasteiger charge is 2.76. The Kier molecular flexibility index (Phi) is 9.99. The molecule has 3 rings (SSSR count). The number of amides is 2. The Morgan fingerprint density at radius 2 is 1.93 bits per heavy atom. The van der Waals surface area contributed by atoms with Crippen LogP contribution in [0, 0.1) is 23.2 Å². The third-order valence-electron chi connectivity index (χ3n) is 9.16. The molecular formula is C32H52N2O6. The fourth-order valence-electron chi connectivity index (χ4n) is 7.61. The van der Waals surface area contributed by atoms with Crippen LogP contribution in [0.4, 0.5) is 0 Å². The maximum Gasteiger partial charge on any atom is 0.312 e. The number of nitrogens with zero attached hydrogens (tertiary/aromatic N) is 2.